The molecule has 0 fully saturated rings. The van der Waals surface area contributed by atoms with Crippen LogP contribution in [-0.4, -0.2) is 22.8 Å². The number of benzene rings is 3. The summed E-state index contributed by atoms with van der Waals surface area (Å²) in [4.78, 5) is 31.1. The van der Waals surface area contributed by atoms with Crippen LogP contribution in [0.3, 0.4) is 0 Å². The maximum absolute atomic E-state index is 13.8. The lowest BCUT2D eigenvalue weighted by Crippen LogP contribution is -2.49. The molecular formula is C29H25Cl2FN4O2. The van der Waals surface area contributed by atoms with Gasteiger partial charge in [0.1, 0.15) is 17.7 Å². The van der Waals surface area contributed by atoms with Crippen molar-refractivity contribution in [1.82, 2.24) is 15.6 Å². The van der Waals surface area contributed by atoms with Gasteiger partial charge in [0.15, 0.2) is 0 Å². The van der Waals surface area contributed by atoms with Gasteiger partial charge in [-0.05, 0) is 64.7 Å². The molecule has 6 nitrogen and oxygen atoms in total. The SMILES string of the molecule is Nc1ccc(CC(NC(=O)C(c2ccc(Cl)cc2)c2ccc(Cl)cc2)C(=O)NCc2ccc(F)cc2)cn1. The first-order chi connectivity index (χ1) is 18.3. The van der Waals surface area contributed by atoms with Gasteiger partial charge < -0.3 is 16.4 Å². The highest BCUT2D eigenvalue weighted by molar-refractivity contribution is 6.30. The molecule has 2 amide bonds. The van der Waals surface area contributed by atoms with E-state index in [-0.39, 0.29) is 24.7 Å². The molecule has 4 rings (SSSR count). The van der Waals surface area contributed by atoms with Crippen molar-refractivity contribution in [2.24, 2.45) is 0 Å². The molecular weight excluding hydrogens is 526 g/mol. The highest BCUT2D eigenvalue weighted by atomic mass is 35.5. The molecule has 194 valence electrons. The number of nitrogen functional groups attached to an aromatic ring is 1. The van der Waals surface area contributed by atoms with E-state index in [4.69, 9.17) is 28.9 Å². The minimum Gasteiger partial charge on any atom is -0.384 e. The summed E-state index contributed by atoms with van der Waals surface area (Å²) in [6.07, 6.45) is 1.75. The number of pyridine rings is 1. The van der Waals surface area contributed by atoms with Crippen LogP contribution in [0.25, 0.3) is 0 Å². The van der Waals surface area contributed by atoms with Gasteiger partial charge in [-0.25, -0.2) is 9.37 Å². The van der Waals surface area contributed by atoms with E-state index in [1.54, 1.807) is 79.0 Å². The standard InChI is InChI=1S/C29H25Cl2FN4O2/c30-22-8-4-20(5-9-22)27(21-6-10-23(31)11-7-21)29(38)36-25(15-19-3-14-26(33)34-17-19)28(37)35-16-18-1-12-24(32)13-2-18/h1-14,17,25,27H,15-16H2,(H2,33,34)(H,35,37)(H,36,38). The lowest BCUT2D eigenvalue weighted by atomic mass is 9.90. The second-order valence-electron chi connectivity index (χ2n) is 8.74. The highest BCUT2D eigenvalue weighted by Crippen LogP contribution is 2.28. The summed E-state index contributed by atoms with van der Waals surface area (Å²) in [6, 6.07) is 22.2. The number of halogens is 3. The van der Waals surface area contributed by atoms with Crippen LogP contribution in [0.1, 0.15) is 28.2 Å². The van der Waals surface area contributed by atoms with Gasteiger partial charge in [-0.2, -0.15) is 0 Å². The molecule has 4 aromatic rings. The van der Waals surface area contributed by atoms with Gasteiger partial charge in [-0.15, -0.1) is 0 Å². The van der Waals surface area contributed by atoms with E-state index in [9.17, 15) is 14.0 Å². The summed E-state index contributed by atoms with van der Waals surface area (Å²) in [7, 11) is 0. The number of rotatable bonds is 9. The number of anilines is 1. The Morgan fingerprint density at radius 1 is 0.789 bits per heavy atom. The second kappa shape index (κ2) is 12.5. The molecule has 0 bridgehead atoms. The average Bonchev–Trinajstić information content (AvgIpc) is 2.91. The van der Waals surface area contributed by atoms with E-state index in [0.29, 0.717) is 27.0 Å². The van der Waals surface area contributed by atoms with Crippen LogP contribution in [0.2, 0.25) is 10.0 Å². The Bertz CT molecular complexity index is 1340. The molecule has 0 spiro atoms. The lowest BCUT2D eigenvalue weighted by Gasteiger charge is -2.23. The van der Waals surface area contributed by atoms with Crippen LogP contribution in [0.15, 0.2) is 91.1 Å². The normalized spacial score (nSPS) is 11.7. The summed E-state index contributed by atoms with van der Waals surface area (Å²) < 4.78 is 13.3. The van der Waals surface area contributed by atoms with E-state index < -0.39 is 17.9 Å². The molecule has 0 saturated heterocycles. The number of carbonyl (C=O) groups excluding carboxylic acids is 2. The number of nitrogens with two attached hydrogens (primary N) is 1. The molecule has 4 N–H and O–H groups in total. The second-order valence-corrected chi connectivity index (χ2v) is 9.61. The number of nitrogens with one attached hydrogen (secondary N) is 2. The van der Waals surface area contributed by atoms with Crippen LogP contribution in [-0.2, 0) is 22.6 Å². The summed E-state index contributed by atoms with van der Waals surface area (Å²) in [5.74, 6) is -1.51. The topological polar surface area (TPSA) is 97.1 Å². The molecule has 1 aromatic heterocycles. The number of carbonyl (C=O) groups is 2. The van der Waals surface area contributed by atoms with E-state index in [2.05, 4.69) is 15.6 Å². The van der Waals surface area contributed by atoms with Gasteiger partial charge in [0.05, 0.1) is 5.92 Å². The molecule has 0 aliphatic rings. The first kappa shape index (κ1) is 27.1. The van der Waals surface area contributed by atoms with Crippen LogP contribution in [0, 0.1) is 5.82 Å². The summed E-state index contributed by atoms with van der Waals surface area (Å²) >= 11 is 12.2. The lowest BCUT2D eigenvalue weighted by molar-refractivity contribution is -0.129. The van der Waals surface area contributed by atoms with Gasteiger partial charge in [-0.1, -0.05) is 65.7 Å². The molecule has 0 radical (unpaired) electrons. The van der Waals surface area contributed by atoms with Crippen molar-refractivity contribution in [3.05, 3.63) is 129 Å². The predicted octanol–water partition coefficient (Wildman–Crippen LogP) is 5.29. The Kier molecular flexibility index (Phi) is 8.94. The minimum atomic E-state index is -0.921. The Morgan fingerprint density at radius 2 is 1.34 bits per heavy atom. The summed E-state index contributed by atoms with van der Waals surface area (Å²) in [6.45, 7) is 0.170. The zero-order valence-corrected chi connectivity index (χ0v) is 21.7. The van der Waals surface area contributed by atoms with Crippen molar-refractivity contribution in [3.63, 3.8) is 0 Å². The molecule has 3 aromatic carbocycles. The predicted molar refractivity (Wildman–Crippen MR) is 147 cm³/mol. The largest absolute Gasteiger partial charge is 0.384 e. The van der Waals surface area contributed by atoms with E-state index in [1.165, 1.54) is 12.1 Å². The number of amides is 2. The average molecular weight is 551 g/mol. The van der Waals surface area contributed by atoms with Gasteiger partial charge in [0.25, 0.3) is 0 Å². The van der Waals surface area contributed by atoms with Gasteiger partial charge >= 0.3 is 0 Å². The fraction of sp³-hybridized carbons (Fsp3) is 0.138. The highest BCUT2D eigenvalue weighted by Gasteiger charge is 2.28. The number of hydrogen-bond donors (Lipinski definition) is 3. The third-order valence-corrected chi connectivity index (χ3v) is 6.47. The monoisotopic (exact) mass is 550 g/mol. The van der Waals surface area contributed by atoms with Crippen LogP contribution >= 0.6 is 23.2 Å². The van der Waals surface area contributed by atoms with Crippen molar-refractivity contribution in [2.45, 2.75) is 24.9 Å². The first-order valence-electron chi connectivity index (χ1n) is 11.8. The van der Waals surface area contributed by atoms with Crippen LogP contribution in [0.4, 0.5) is 10.2 Å². The van der Waals surface area contributed by atoms with Gasteiger partial charge in [0.2, 0.25) is 11.8 Å². The molecule has 38 heavy (non-hydrogen) atoms. The van der Waals surface area contributed by atoms with E-state index >= 15 is 0 Å². The maximum Gasteiger partial charge on any atom is 0.243 e. The van der Waals surface area contributed by atoms with Crippen molar-refractivity contribution in [1.29, 1.82) is 0 Å². The third-order valence-electron chi connectivity index (χ3n) is 5.97. The molecule has 9 heteroatoms. The number of aromatic nitrogens is 1. The number of hydrogen-bond acceptors (Lipinski definition) is 4. The zero-order valence-electron chi connectivity index (χ0n) is 20.2. The Balaban J connectivity index is 1.59. The van der Waals surface area contributed by atoms with E-state index in [1.807, 2.05) is 0 Å². The quantitative estimate of drug-likeness (QED) is 0.264. The van der Waals surface area contributed by atoms with Crippen molar-refractivity contribution in [2.75, 3.05) is 5.73 Å². The summed E-state index contributed by atoms with van der Waals surface area (Å²) in [5.41, 5.74) is 8.55. The molecule has 0 aliphatic heterocycles. The maximum atomic E-state index is 13.8. The molecule has 0 saturated carbocycles. The van der Waals surface area contributed by atoms with Crippen LogP contribution < -0.4 is 16.4 Å². The Hall–Kier alpha value is -3.94. The van der Waals surface area contributed by atoms with Crippen molar-refractivity contribution < 1.29 is 14.0 Å². The number of nitrogens with zero attached hydrogens (tertiary/aromatic N) is 1. The smallest absolute Gasteiger partial charge is 0.243 e. The first-order valence-corrected chi connectivity index (χ1v) is 12.6. The summed E-state index contributed by atoms with van der Waals surface area (Å²) in [5, 5.41) is 6.83. The zero-order chi connectivity index (χ0) is 27.1. The molecule has 1 unspecified atom stereocenters. The van der Waals surface area contributed by atoms with Crippen molar-refractivity contribution >= 4 is 40.8 Å². The van der Waals surface area contributed by atoms with Gasteiger partial charge in [-0.3, -0.25) is 9.59 Å². The molecule has 0 aliphatic carbocycles. The van der Waals surface area contributed by atoms with Gasteiger partial charge in [0, 0.05) is 29.2 Å². The fourth-order valence-electron chi connectivity index (χ4n) is 3.98. The van der Waals surface area contributed by atoms with E-state index in [0.717, 1.165) is 11.1 Å². The third kappa shape index (κ3) is 7.31. The molecule has 1 heterocycles. The van der Waals surface area contributed by atoms with Crippen molar-refractivity contribution in [3.8, 4) is 0 Å². The Morgan fingerprint density at radius 3 is 1.87 bits per heavy atom. The van der Waals surface area contributed by atoms with Crippen LogP contribution in [0.5, 0.6) is 0 Å². The fourth-order valence-corrected chi connectivity index (χ4v) is 4.23. The Labute approximate surface area is 230 Å². The molecule has 1 atom stereocenters. The minimum absolute atomic E-state index is 0.170.